The average molecular weight is 218 g/mol. The molecular formula is C12H14N2S. The first-order valence-corrected chi connectivity index (χ1v) is 6.01. The van der Waals surface area contributed by atoms with Crippen molar-refractivity contribution in [2.24, 2.45) is 0 Å². The normalized spacial score (nSPS) is 13.6. The lowest BCUT2D eigenvalue weighted by Gasteiger charge is -2.15. The van der Waals surface area contributed by atoms with Crippen LogP contribution in [0.3, 0.4) is 0 Å². The number of rotatable bonds is 0. The molecule has 0 saturated carbocycles. The summed E-state index contributed by atoms with van der Waals surface area (Å²) in [7, 11) is 0. The largest absolute Gasteiger partial charge is 0.312 e. The van der Waals surface area contributed by atoms with Crippen LogP contribution in [-0.2, 0) is 13.0 Å². The third-order valence-electron chi connectivity index (χ3n) is 2.35. The van der Waals surface area contributed by atoms with Gasteiger partial charge in [0.05, 0.1) is 5.51 Å². The Bertz CT molecular complexity index is 342. The molecule has 0 amide bonds. The third kappa shape index (κ3) is 3.15. The summed E-state index contributed by atoms with van der Waals surface area (Å²) < 4.78 is 0. The number of nitrogens with one attached hydrogen (secondary N) is 1. The maximum atomic E-state index is 3.74. The van der Waals surface area contributed by atoms with Crippen LogP contribution >= 0.6 is 11.3 Å². The fourth-order valence-corrected chi connectivity index (χ4v) is 1.95. The number of hydrogen-bond donors (Lipinski definition) is 1. The molecule has 1 aromatic heterocycles. The summed E-state index contributed by atoms with van der Waals surface area (Å²) in [5.74, 6) is 0. The molecule has 15 heavy (non-hydrogen) atoms. The summed E-state index contributed by atoms with van der Waals surface area (Å²) in [6.07, 6.45) is 2.96. The van der Waals surface area contributed by atoms with Gasteiger partial charge in [-0.3, -0.25) is 4.98 Å². The Hall–Kier alpha value is -1.19. The predicted octanol–water partition coefficient (Wildman–Crippen LogP) is 2.48. The predicted molar refractivity (Wildman–Crippen MR) is 64.0 cm³/mol. The highest BCUT2D eigenvalue weighted by molar-refractivity contribution is 7.07. The van der Waals surface area contributed by atoms with Crippen molar-refractivity contribution in [2.75, 3.05) is 6.54 Å². The first-order chi connectivity index (χ1) is 7.47. The molecule has 1 aliphatic rings. The van der Waals surface area contributed by atoms with Gasteiger partial charge in [-0.15, -0.1) is 11.3 Å². The fourth-order valence-electron chi connectivity index (χ4n) is 1.60. The maximum absolute atomic E-state index is 3.74. The Morgan fingerprint density at radius 1 is 1.20 bits per heavy atom. The van der Waals surface area contributed by atoms with Crippen LogP contribution in [0.25, 0.3) is 0 Å². The molecule has 0 unspecified atom stereocenters. The second-order valence-corrected chi connectivity index (χ2v) is 4.13. The molecule has 0 bridgehead atoms. The van der Waals surface area contributed by atoms with Crippen LogP contribution < -0.4 is 5.32 Å². The van der Waals surface area contributed by atoms with Gasteiger partial charge in [0, 0.05) is 18.1 Å². The van der Waals surface area contributed by atoms with Gasteiger partial charge in [0.1, 0.15) is 0 Å². The standard InChI is InChI=1S/C9H11N.C3H3NS/c1-2-4-9-7-10-6-5-8(9)3-1;1-2-5-3-4-1/h1-4,10H,5-7H2;1-3H. The minimum absolute atomic E-state index is 1.05. The summed E-state index contributed by atoms with van der Waals surface area (Å²) in [5, 5.41) is 5.27. The second kappa shape index (κ2) is 5.63. The van der Waals surface area contributed by atoms with Crippen molar-refractivity contribution in [3.63, 3.8) is 0 Å². The van der Waals surface area contributed by atoms with Crippen LogP contribution in [0.15, 0.2) is 41.4 Å². The van der Waals surface area contributed by atoms with E-state index in [1.807, 2.05) is 5.38 Å². The molecule has 0 aliphatic carbocycles. The molecule has 0 fully saturated rings. The number of benzene rings is 1. The zero-order chi connectivity index (χ0) is 10.3. The van der Waals surface area contributed by atoms with E-state index in [1.165, 1.54) is 17.5 Å². The quantitative estimate of drug-likeness (QED) is 0.735. The highest BCUT2D eigenvalue weighted by Crippen LogP contribution is 2.11. The lowest BCUT2D eigenvalue weighted by atomic mass is 10.0. The van der Waals surface area contributed by atoms with Crippen molar-refractivity contribution < 1.29 is 0 Å². The Labute approximate surface area is 94.0 Å². The van der Waals surface area contributed by atoms with Crippen molar-refractivity contribution in [1.29, 1.82) is 0 Å². The van der Waals surface area contributed by atoms with Gasteiger partial charge >= 0.3 is 0 Å². The Kier molecular flexibility index (Phi) is 3.88. The lowest BCUT2D eigenvalue weighted by molar-refractivity contribution is 0.644. The van der Waals surface area contributed by atoms with Gasteiger partial charge in [-0.05, 0) is 24.1 Å². The van der Waals surface area contributed by atoms with Gasteiger partial charge in [0.2, 0.25) is 0 Å². The van der Waals surface area contributed by atoms with Crippen LogP contribution in [-0.4, -0.2) is 11.5 Å². The van der Waals surface area contributed by atoms with Crippen molar-refractivity contribution in [1.82, 2.24) is 10.3 Å². The topological polar surface area (TPSA) is 24.9 Å². The fraction of sp³-hybridized carbons (Fsp3) is 0.250. The smallest absolute Gasteiger partial charge is 0.0791 e. The number of thiazole rings is 1. The molecule has 2 aromatic rings. The molecule has 1 N–H and O–H groups in total. The zero-order valence-corrected chi connectivity index (χ0v) is 9.33. The molecule has 3 heteroatoms. The van der Waals surface area contributed by atoms with E-state index in [4.69, 9.17) is 0 Å². The minimum Gasteiger partial charge on any atom is -0.312 e. The Morgan fingerprint density at radius 2 is 2.07 bits per heavy atom. The van der Waals surface area contributed by atoms with Gasteiger partial charge in [-0.1, -0.05) is 24.3 Å². The van der Waals surface area contributed by atoms with E-state index in [1.54, 1.807) is 23.0 Å². The van der Waals surface area contributed by atoms with Crippen LogP contribution in [0.5, 0.6) is 0 Å². The number of fused-ring (bicyclic) bond motifs is 1. The Balaban J connectivity index is 0.000000144. The number of aromatic nitrogens is 1. The van der Waals surface area contributed by atoms with E-state index in [0.717, 1.165) is 13.1 Å². The maximum Gasteiger partial charge on any atom is 0.0791 e. The summed E-state index contributed by atoms with van der Waals surface area (Å²) in [5.41, 5.74) is 4.77. The molecular weight excluding hydrogens is 204 g/mol. The summed E-state index contributed by atoms with van der Waals surface area (Å²) in [6, 6.07) is 8.63. The van der Waals surface area contributed by atoms with Crippen molar-refractivity contribution in [3.8, 4) is 0 Å². The molecule has 1 aliphatic heterocycles. The molecule has 78 valence electrons. The molecule has 3 rings (SSSR count). The van der Waals surface area contributed by atoms with Gasteiger partial charge in [-0.25, -0.2) is 0 Å². The number of nitrogens with zero attached hydrogens (tertiary/aromatic N) is 1. The Morgan fingerprint density at radius 3 is 2.67 bits per heavy atom. The van der Waals surface area contributed by atoms with Crippen molar-refractivity contribution in [2.45, 2.75) is 13.0 Å². The molecule has 0 spiro atoms. The third-order valence-corrected chi connectivity index (χ3v) is 2.87. The van der Waals surface area contributed by atoms with Crippen molar-refractivity contribution >= 4 is 11.3 Å². The zero-order valence-electron chi connectivity index (χ0n) is 8.52. The van der Waals surface area contributed by atoms with E-state index >= 15 is 0 Å². The van der Waals surface area contributed by atoms with Crippen molar-refractivity contribution in [3.05, 3.63) is 52.5 Å². The van der Waals surface area contributed by atoms with Gasteiger partial charge in [0.15, 0.2) is 0 Å². The van der Waals surface area contributed by atoms with E-state index in [-0.39, 0.29) is 0 Å². The van der Waals surface area contributed by atoms with E-state index in [2.05, 4.69) is 34.6 Å². The SMILES string of the molecule is c1ccc2c(c1)CCNC2.c1cscn1. The van der Waals surface area contributed by atoms with E-state index < -0.39 is 0 Å². The number of hydrogen-bond acceptors (Lipinski definition) is 3. The molecule has 2 heterocycles. The average Bonchev–Trinajstić information content (AvgIpc) is 2.88. The molecule has 0 radical (unpaired) electrons. The van der Waals surface area contributed by atoms with E-state index in [9.17, 15) is 0 Å². The highest BCUT2D eigenvalue weighted by atomic mass is 32.1. The first-order valence-electron chi connectivity index (χ1n) is 5.06. The summed E-state index contributed by atoms with van der Waals surface area (Å²) in [4.78, 5) is 3.74. The monoisotopic (exact) mass is 218 g/mol. The first kappa shape index (κ1) is 10.3. The van der Waals surface area contributed by atoms with Gasteiger partial charge in [0.25, 0.3) is 0 Å². The summed E-state index contributed by atoms with van der Waals surface area (Å²) in [6.45, 7) is 2.19. The van der Waals surface area contributed by atoms with Crippen LogP contribution in [0, 0.1) is 0 Å². The highest BCUT2D eigenvalue weighted by Gasteiger charge is 2.05. The van der Waals surface area contributed by atoms with E-state index in [0.29, 0.717) is 0 Å². The van der Waals surface area contributed by atoms with Crippen LogP contribution in [0.1, 0.15) is 11.1 Å². The van der Waals surface area contributed by atoms with Gasteiger partial charge in [-0.2, -0.15) is 0 Å². The van der Waals surface area contributed by atoms with Gasteiger partial charge < -0.3 is 5.32 Å². The lowest BCUT2D eigenvalue weighted by Crippen LogP contribution is -2.23. The van der Waals surface area contributed by atoms with Crippen LogP contribution in [0.2, 0.25) is 0 Å². The molecule has 1 aromatic carbocycles. The molecule has 2 nitrogen and oxygen atoms in total. The van der Waals surface area contributed by atoms with Crippen LogP contribution in [0.4, 0.5) is 0 Å². The minimum atomic E-state index is 1.05. The molecule has 0 saturated heterocycles. The second-order valence-electron chi connectivity index (χ2n) is 3.37. The molecule has 0 atom stereocenters. The summed E-state index contributed by atoms with van der Waals surface area (Å²) >= 11 is 1.60.